The first-order valence-corrected chi connectivity index (χ1v) is 11.0. The molecule has 6 nitrogen and oxygen atoms in total. The average Bonchev–Trinajstić information content (AvgIpc) is 2.84. The summed E-state index contributed by atoms with van der Waals surface area (Å²) < 4.78 is 28.9. The number of nitrogens with zero attached hydrogens (tertiary/aromatic N) is 3. The monoisotopic (exact) mass is 431 g/mol. The fraction of sp³-hybridized carbons (Fsp3) is 0.467. The maximum absolute atomic E-state index is 12.6. The van der Waals surface area contributed by atoms with Crippen LogP contribution in [0.5, 0.6) is 0 Å². The Morgan fingerprint density at radius 1 is 1.38 bits per heavy atom. The summed E-state index contributed by atoms with van der Waals surface area (Å²) in [6.07, 6.45) is 3.28. The predicted octanol–water partition coefficient (Wildman–Crippen LogP) is 2.24. The van der Waals surface area contributed by atoms with Crippen molar-refractivity contribution in [1.82, 2.24) is 8.87 Å². The Labute approximate surface area is 153 Å². The Balaban J connectivity index is 2.03. The molecule has 130 valence electrons. The molecule has 1 fully saturated rings. The molecule has 24 heavy (non-hydrogen) atoms. The number of piperidine rings is 1. The normalized spacial score (nSPS) is 20.6. The predicted molar refractivity (Wildman–Crippen MR) is 98.3 cm³/mol. The molecule has 0 spiro atoms. The molecule has 1 aliphatic rings. The van der Waals surface area contributed by atoms with E-state index < -0.39 is 22.0 Å². The van der Waals surface area contributed by atoms with Gasteiger partial charge in [-0.05, 0) is 40.9 Å². The summed E-state index contributed by atoms with van der Waals surface area (Å²) in [6.45, 7) is 0.384. The number of amides is 1. The minimum absolute atomic E-state index is 0.384. The molecular weight excluding hydrogens is 414 g/mol. The van der Waals surface area contributed by atoms with Gasteiger partial charge < -0.3 is 4.57 Å². The summed E-state index contributed by atoms with van der Waals surface area (Å²) in [6, 6.07) is 5.15. The Morgan fingerprint density at radius 2 is 2.12 bits per heavy atom. The van der Waals surface area contributed by atoms with E-state index in [4.69, 9.17) is 0 Å². The quantitative estimate of drug-likeness (QED) is 0.731. The molecule has 9 heteroatoms. The lowest BCUT2D eigenvalue weighted by atomic mass is 10.0. The van der Waals surface area contributed by atoms with Crippen LogP contribution in [0.15, 0.2) is 27.7 Å². The van der Waals surface area contributed by atoms with E-state index in [0.29, 0.717) is 17.8 Å². The SMILES string of the molecule is Cn1c(=NC(=O)C2CCCCN2S(C)(=O)=O)sc2cccc(Br)c21. The number of hydrogen-bond donors (Lipinski definition) is 0. The van der Waals surface area contributed by atoms with Gasteiger partial charge in [0.2, 0.25) is 10.0 Å². The van der Waals surface area contributed by atoms with Crippen molar-refractivity contribution in [3.63, 3.8) is 0 Å². The van der Waals surface area contributed by atoms with Gasteiger partial charge >= 0.3 is 0 Å². The molecular formula is C15H18BrN3O3S2. The van der Waals surface area contributed by atoms with Gasteiger partial charge in [0.05, 0.1) is 16.5 Å². The molecule has 1 saturated heterocycles. The van der Waals surface area contributed by atoms with Crippen LogP contribution in [0.2, 0.25) is 0 Å². The largest absolute Gasteiger partial charge is 0.318 e. The maximum atomic E-state index is 12.6. The van der Waals surface area contributed by atoms with E-state index in [1.165, 1.54) is 15.6 Å². The van der Waals surface area contributed by atoms with E-state index in [0.717, 1.165) is 33.8 Å². The van der Waals surface area contributed by atoms with Crippen molar-refractivity contribution in [3.8, 4) is 0 Å². The molecule has 1 aromatic carbocycles. The average molecular weight is 432 g/mol. The van der Waals surface area contributed by atoms with Crippen molar-refractivity contribution in [2.24, 2.45) is 12.0 Å². The molecule has 0 saturated carbocycles. The van der Waals surface area contributed by atoms with Gasteiger partial charge in [-0.3, -0.25) is 4.79 Å². The lowest BCUT2D eigenvalue weighted by molar-refractivity contribution is -0.122. The highest BCUT2D eigenvalue weighted by Gasteiger charge is 2.34. The van der Waals surface area contributed by atoms with Crippen molar-refractivity contribution in [2.45, 2.75) is 25.3 Å². The van der Waals surface area contributed by atoms with Crippen LogP contribution in [0.4, 0.5) is 0 Å². The second-order valence-electron chi connectivity index (χ2n) is 5.87. The third-order valence-corrected chi connectivity index (χ3v) is 7.17. The first-order valence-electron chi connectivity index (χ1n) is 7.58. The molecule has 2 heterocycles. The van der Waals surface area contributed by atoms with Crippen molar-refractivity contribution >= 4 is 53.4 Å². The van der Waals surface area contributed by atoms with E-state index in [1.807, 2.05) is 29.8 Å². The van der Waals surface area contributed by atoms with Crippen molar-refractivity contribution in [1.29, 1.82) is 0 Å². The number of aryl methyl sites for hydroxylation is 1. The molecule has 1 atom stereocenters. The molecule has 3 rings (SSSR count). The number of carbonyl (C=O) groups excluding carboxylic acids is 1. The number of sulfonamides is 1. The van der Waals surface area contributed by atoms with Crippen molar-refractivity contribution < 1.29 is 13.2 Å². The first-order chi connectivity index (χ1) is 11.3. The molecule has 1 aromatic heterocycles. The van der Waals surface area contributed by atoms with Gasteiger partial charge in [-0.15, -0.1) is 0 Å². The van der Waals surface area contributed by atoms with Gasteiger partial charge in [-0.1, -0.05) is 23.8 Å². The number of rotatable bonds is 2. The summed E-state index contributed by atoms with van der Waals surface area (Å²) in [5, 5.41) is 0. The molecule has 2 aromatic rings. The number of aromatic nitrogens is 1. The Bertz CT molecular complexity index is 962. The standard InChI is InChI=1S/C15H18BrN3O3S2/c1-18-13-10(16)6-5-8-12(13)23-15(18)17-14(20)11-7-3-4-9-19(11)24(2,21)22/h5-6,8,11H,3-4,7,9H2,1-2H3. The van der Waals surface area contributed by atoms with Crippen LogP contribution in [0.3, 0.4) is 0 Å². The zero-order valence-corrected chi connectivity index (χ0v) is 16.6. The summed E-state index contributed by atoms with van der Waals surface area (Å²) in [7, 11) is -1.56. The number of para-hydroxylation sites is 1. The van der Waals surface area contributed by atoms with Crippen LogP contribution < -0.4 is 4.80 Å². The van der Waals surface area contributed by atoms with Gasteiger partial charge in [-0.2, -0.15) is 9.30 Å². The van der Waals surface area contributed by atoms with E-state index in [1.54, 1.807) is 0 Å². The minimum Gasteiger partial charge on any atom is -0.318 e. The van der Waals surface area contributed by atoms with Gasteiger partial charge in [0.15, 0.2) is 4.80 Å². The van der Waals surface area contributed by atoms with Crippen molar-refractivity contribution in [2.75, 3.05) is 12.8 Å². The number of hydrogen-bond acceptors (Lipinski definition) is 4. The number of carbonyl (C=O) groups is 1. The van der Waals surface area contributed by atoms with E-state index >= 15 is 0 Å². The zero-order valence-electron chi connectivity index (χ0n) is 13.4. The number of halogens is 1. The highest BCUT2D eigenvalue weighted by Crippen LogP contribution is 2.25. The van der Waals surface area contributed by atoms with E-state index in [9.17, 15) is 13.2 Å². The fourth-order valence-electron chi connectivity index (χ4n) is 2.98. The van der Waals surface area contributed by atoms with Crippen molar-refractivity contribution in [3.05, 3.63) is 27.5 Å². The molecule has 0 radical (unpaired) electrons. The van der Waals surface area contributed by atoms with Crippen LogP contribution in [-0.4, -0.2) is 42.0 Å². The molecule has 0 N–H and O–H groups in total. The van der Waals surface area contributed by atoms with Crippen LogP contribution in [0.25, 0.3) is 10.2 Å². The third kappa shape index (κ3) is 3.35. The minimum atomic E-state index is -3.41. The maximum Gasteiger partial charge on any atom is 0.266 e. The summed E-state index contributed by atoms with van der Waals surface area (Å²) >= 11 is 4.93. The second kappa shape index (κ2) is 6.70. The number of fused-ring (bicyclic) bond motifs is 1. The Kier molecular flexibility index (Phi) is 4.96. The zero-order chi connectivity index (χ0) is 17.5. The number of thiazole rings is 1. The fourth-order valence-corrected chi connectivity index (χ4v) is 5.91. The highest BCUT2D eigenvalue weighted by atomic mass is 79.9. The smallest absolute Gasteiger partial charge is 0.266 e. The molecule has 1 aliphatic heterocycles. The number of benzene rings is 1. The molecule has 1 amide bonds. The summed E-state index contributed by atoms with van der Waals surface area (Å²) in [4.78, 5) is 17.5. The lowest BCUT2D eigenvalue weighted by Crippen LogP contribution is -2.47. The van der Waals surface area contributed by atoms with Gasteiger partial charge in [0, 0.05) is 18.1 Å². The summed E-state index contributed by atoms with van der Waals surface area (Å²) in [5.41, 5.74) is 0.970. The Hall–Kier alpha value is -1.03. The van der Waals surface area contributed by atoms with E-state index in [-0.39, 0.29) is 0 Å². The van der Waals surface area contributed by atoms with Gasteiger partial charge in [-0.25, -0.2) is 8.42 Å². The van der Waals surface area contributed by atoms with E-state index in [2.05, 4.69) is 20.9 Å². The molecule has 1 unspecified atom stereocenters. The lowest BCUT2D eigenvalue weighted by Gasteiger charge is -2.31. The highest BCUT2D eigenvalue weighted by molar-refractivity contribution is 9.10. The van der Waals surface area contributed by atoms with Crippen LogP contribution in [0, 0.1) is 0 Å². The van der Waals surface area contributed by atoms with Gasteiger partial charge in [0.25, 0.3) is 5.91 Å². The molecule has 0 aliphatic carbocycles. The first kappa shape index (κ1) is 17.8. The third-order valence-electron chi connectivity index (χ3n) is 4.14. The second-order valence-corrected chi connectivity index (χ2v) is 9.66. The van der Waals surface area contributed by atoms with Gasteiger partial charge in [0.1, 0.15) is 6.04 Å². The Morgan fingerprint density at radius 3 is 2.79 bits per heavy atom. The molecule has 0 bridgehead atoms. The topological polar surface area (TPSA) is 71.7 Å². The van der Waals surface area contributed by atoms with Crippen LogP contribution in [0.1, 0.15) is 19.3 Å². The van der Waals surface area contributed by atoms with Crippen LogP contribution >= 0.6 is 27.3 Å². The summed E-state index contributed by atoms with van der Waals surface area (Å²) in [5.74, 6) is -0.390. The van der Waals surface area contributed by atoms with Crippen LogP contribution in [-0.2, 0) is 21.9 Å².